The number of rotatable bonds is 7. The molecule has 1 amide bonds. The average Bonchev–Trinajstić information content (AvgIpc) is 3.32. The van der Waals surface area contributed by atoms with Gasteiger partial charge in [0.2, 0.25) is 5.76 Å². The van der Waals surface area contributed by atoms with Crippen molar-refractivity contribution in [1.82, 2.24) is 0 Å². The molecule has 0 fully saturated rings. The second kappa shape index (κ2) is 9.29. The van der Waals surface area contributed by atoms with Crippen molar-refractivity contribution < 1.29 is 33.2 Å². The normalized spacial score (nSPS) is 16.2. The van der Waals surface area contributed by atoms with E-state index >= 15 is 0 Å². The summed E-state index contributed by atoms with van der Waals surface area (Å²) in [7, 11) is 0. The third-order valence-corrected chi connectivity index (χ3v) is 6.02. The van der Waals surface area contributed by atoms with Crippen LogP contribution in [-0.4, -0.2) is 35.5 Å². The lowest BCUT2D eigenvalue weighted by atomic mass is 9.88. The molecule has 1 N–H and O–H groups in total. The van der Waals surface area contributed by atoms with Crippen molar-refractivity contribution in [3.8, 4) is 0 Å². The Morgan fingerprint density at radius 3 is 2.74 bits per heavy atom. The van der Waals surface area contributed by atoms with E-state index in [0.29, 0.717) is 16.5 Å². The maximum atomic E-state index is 12.6. The van der Waals surface area contributed by atoms with Gasteiger partial charge in [0.1, 0.15) is 9.92 Å². The fourth-order valence-electron chi connectivity index (χ4n) is 3.28. The number of hydrogen-bond donors (Lipinski definition) is 1. The Labute approximate surface area is 181 Å². The molecule has 0 unspecified atom stereocenters. The Hall–Kier alpha value is -3.21. The number of hydrogen-bond acceptors (Lipinski definition) is 9. The van der Waals surface area contributed by atoms with Gasteiger partial charge in [-0.3, -0.25) is 14.9 Å². The smallest absolute Gasteiger partial charge is 0.433 e. The maximum Gasteiger partial charge on any atom is 0.433 e. The number of fused-ring (bicyclic) bond motifs is 1. The molecular formula is C20H22N2O8S. The summed E-state index contributed by atoms with van der Waals surface area (Å²) in [4.78, 5) is 48.2. The van der Waals surface area contributed by atoms with Crippen LogP contribution >= 0.6 is 11.3 Å². The second-order valence-corrected chi connectivity index (χ2v) is 8.31. The van der Waals surface area contributed by atoms with E-state index in [1.165, 1.54) is 18.3 Å². The van der Waals surface area contributed by atoms with Crippen LogP contribution < -0.4 is 5.32 Å². The summed E-state index contributed by atoms with van der Waals surface area (Å²) in [6.45, 7) is 5.39. The van der Waals surface area contributed by atoms with Gasteiger partial charge in [0.25, 0.3) is 5.91 Å². The molecule has 2 atom stereocenters. The Bertz CT molecular complexity index is 1020. The van der Waals surface area contributed by atoms with Crippen molar-refractivity contribution >= 4 is 40.1 Å². The molecule has 1 aliphatic rings. The fourth-order valence-corrected chi connectivity index (χ4v) is 4.68. The molecule has 3 rings (SSSR count). The fraction of sp³-hybridized carbons (Fsp3) is 0.450. The highest BCUT2D eigenvalue weighted by Gasteiger charge is 2.31. The van der Waals surface area contributed by atoms with Gasteiger partial charge in [-0.2, -0.15) is 0 Å². The first kappa shape index (κ1) is 22.5. The number of nitrogens with one attached hydrogen (secondary N) is 1. The highest BCUT2D eigenvalue weighted by molar-refractivity contribution is 7.17. The summed E-state index contributed by atoms with van der Waals surface area (Å²) in [5, 5.41) is 13.7. The number of furan rings is 1. The van der Waals surface area contributed by atoms with Gasteiger partial charge in [-0.05, 0) is 50.7 Å². The van der Waals surface area contributed by atoms with Crippen molar-refractivity contribution in [3.05, 3.63) is 44.0 Å². The number of thiophene rings is 1. The van der Waals surface area contributed by atoms with Crippen molar-refractivity contribution in [1.29, 1.82) is 0 Å². The van der Waals surface area contributed by atoms with Gasteiger partial charge >= 0.3 is 17.8 Å². The summed E-state index contributed by atoms with van der Waals surface area (Å²) in [6, 6.07) is 2.11. The number of carbonyl (C=O) groups is 3. The standard InChI is InChI=1S/C20H22N2O8S/c1-4-28-20(25)16-12-6-5-10(2)9-14(12)31-18(16)21-17(23)11(3)29-19(24)13-7-8-15(30-13)22(26)27/h7-8,10-11H,4-6,9H2,1-3H3,(H,21,23)/t10-,11-/m1/s1. The highest BCUT2D eigenvalue weighted by Crippen LogP contribution is 2.40. The molecule has 2 aromatic heterocycles. The van der Waals surface area contributed by atoms with Crippen molar-refractivity contribution in [2.24, 2.45) is 5.92 Å². The minimum Gasteiger partial charge on any atom is -0.462 e. The lowest BCUT2D eigenvalue weighted by Crippen LogP contribution is -2.30. The summed E-state index contributed by atoms with van der Waals surface area (Å²) in [5.74, 6) is -2.69. The van der Waals surface area contributed by atoms with Crippen LogP contribution in [0.2, 0.25) is 0 Å². The van der Waals surface area contributed by atoms with Crippen LogP contribution in [0.5, 0.6) is 0 Å². The Balaban J connectivity index is 1.74. The number of nitrogens with zero attached hydrogens (tertiary/aromatic N) is 1. The molecule has 31 heavy (non-hydrogen) atoms. The Kier molecular flexibility index (Phi) is 6.74. The summed E-state index contributed by atoms with van der Waals surface area (Å²) in [5.41, 5.74) is 1.24. The topological polar surface area (TPSA) is 138 Å². The monoisotopic (exact) mass is 450 g/mol. The molecule has 0 saturated carbocycles. The SMILES string of the molecule is CCOC(=O)c1c(NC(=O)[C@@H](C)OC(=O)c2ccc([N+](=O)[O-])o2)sc2c1CC[C@@H](C)C2. The molecule has 0 bridgehead atoms. The first-order chi connectivity index (χ1) is 14.7. The average molecular weight is 450 g/mol. The van der Waals surface area contributed by atoms with Crippen LogP contribution in [0.15, 0.2) is 16.5 Å². The molecular weight excluding hydrogens is 428 g/mol. The van der Waals surface area contributed by atoms with E-state index in [9.17, 15) is 24.5 Å². The Morgan fingerprint density at radius 1 is 1.35 bits per heavy atom. The van der Waals surface area contributed by atoms with Gasteiger partial charge in [-0.1, -0.05) is 6.92 Å². The predicted octanol–water partition coefficient (Wildman–Crippen LogP) is 3.73. The van der Waals surface area contributed by atoms with E-state index in [-0.39, 0.29) is 12.4 Å². The number of esters is 2. The highest BCUT2D eigenvalue weighted by atomic mass is 32.1. The van der Waals surface area contributed by atoms with E-state index in [0.717, 1.165) is 41.8 Å². The van der Waals surface area contributed by atoms with Gasteiger partial charge in [-0.25, -0.2) is 9.59 Å². The van der Waals surface area contributed by atoms with E-state index in [4.69, 9.17) is 13.9 Å². The quantitative estimate of drug-likeness (QED) is 0.382. The van der Waals surface area contributed by atoms with Gasteiger partial charge in [0.05, 0.1) is 18.2 Å². The second-order valence-electron chi connectivity index (χ2n) is 7.21. The van der Waals surface area contributed by atoms with Crippen LogP contribution in [0.3, 0.4) is 0 Å². The number of anilines is 1. The van der Waals surface area contributed by atoms with Crippen molar-refractivity contribution in [2.45, 2.75) is 46.1 Å². The van der Waals surface area contributed by atoms with E-state index in [1.807, 2.05) is 0 Å². The van der Waals surface area contributed by atoms with Gasteiger partial charge in [-0.15, -0.1) is 11.3 Å². The van der Waals surface area contributed by atoms with Crippen LogP contribution in [0.1, 0.15) is 58.5 Å². The molecule has 11 heteroatoms. The van der Waals surface area contributed by atoms with Crippen LogP contribution in [0.4, 0.5) is 10.9 Å². The zero-order valence-electron chi connectivity index (χ0n) is 17.3. The molecule has 0 aliphatic heterocycles. The van der Waals surface area contributed by atoms with Crippen LogP contribution in [0, 0.1) is 16.0 Å². The van der Waals surface area contributed by atoms with Crippen molar-refractivity contribution in [3.63, 3.8) is 0 Å². The molecule has 2 heterocycles. The van der Waals surface area contributed by atoms with Gasteiger partial charge in [0, 0.05) is 4.88 Å². The minimum atomic E-state index is -1.23. The predicted molar refractivity (Wildman–Crippen MR) is 110 cm³/mol. The van der Waals surface area contributed by atoms with Gasteiger partial charge < -0.3 is 19.2 Å². The molecule has 0 saturated heterocycles. The van der Waals surface area contributed by atoms with Crippen LogP contribution in [-0.2, 0) is 27.1 Å². The zero-order valence-corrected chi connectivity index (χ0v) is 18.1. The van der Waals surface area contributed by atoms with E-state index < -0.39 is 34.8 Å². The molecule has 166 valence electrons. The number of carbonyl (C=O) groups excluding carboxylic acids is 3. The largest absolute Gasteiger partial charge is 0.462 e. The first-order valence-electron chi connectivity index (χ1n) is 9.79. The third kappa shape index (κ3) is 4.93. The first-order valence-corrected chi connectivity index (χ1v) is 10.6. The maximum absolute atomic E-state index is 12.6. The summed E-state index contributed by atoms with van der Waals surface area (Å²) < 4.78 is 15.0. The number of amides is 1. The van der Waals surface area contributed by atoms with Crippen molar-refractivity contribution in [2.75, 3.05) is 11.9 Å². The van der Waals surface area contributed by atoms with E-state index in [2.05, 4.69) is 12.2 Å². The lowest BCUT2D eigenvalue weighted by Gasteiger charge is -2.18. The Morgan fingerprint density at radius 2 is 2.10 bits per heavy atom. The molecule has 10 nitrogen and oxygen atoms in total. The van der Waals surface area contributed by atoms with Gasteiger partial charge in [0.15, 0.2) is 6.10 Å². The minimum absolute atomic E-state index is 0.205. The molecule has 0 aromatic carbocycles. The summed E-state index contributed by atoms with van der Waals surface area (Å²) in [6.07, 6.45) is 1.24. The molecule has 2 aromatic rings. The number of nitro groups is 1. The molecule has 0 spiro atoms. The summed E-state index contributed by atoms with van der Waals surface area (Å²) >= 11 is 1.32. The molecule has 0 radical (unpaired) electrons. The third-order valence-electron chi connectivity index (χ3n) is 4.85. The van der Waals surface area contributed by atoms with E-state index in [1.54, 1.807) is 6.92 Å². The zero-order chi connectivity index (χ0) is 22.7. The lowest BCUT2D eigenvalue weighted by molar-refractivity contribution is -0.402. The molecule has 1 aliphatic carbocycles. The van der Waals surface area contributed by atoms with Crippen LogP contribution in [0.25, 0.3) is 0 Å². The number of ether oxygens (including phenoxy) is 2.